The van der Waals surface area contributed by atoms with Crippen LogP contribution in [-0.4, -0.2) is 47.0 Å². The predicted molar refractivity (Wildman–Crippen MR) is 81.9 cm³/mol. The van der Waals surface area contributed by atoms with E-state index >= 15 is 0 Å². The maximum absolute atomic E-state index is 12.7. The van der Waals surface area contributed by atoms with E-state index in [1.54, 1.807) is 12.4 Å². The van der Waals surface area contributed by atoms with Gasteiger partial charge in [0.25, 0.3) is 0 Å². The van der Waals surface area contributed by atoms with Crippen molar-refractivity contribution in [3.8, 4) is 0 Å². The van der Waals surface area contributed by atoms with E-state index in [0.29, 0.717) is 6.04 Å². The molecule has 1 aliphatic heterocycles. The van der Waals surface area contributed by atoms with Gasteiger partial charge in [0.15, 0.2) is 0 Å². The highest BCUT2D eigenvalue weighted by molar-refractivity contribution is 5.79. The minimum atomic E-state index is 0.0776. The molecule has 21 heavy (non-hydrogen) atoms. The van der Waals surface area contributed by atoms with Crippen molar-refractivity contribution in [3.05, 3.63) is 18.5 Å². The molecule has 2 heterocycles. The van der Waals surface area contributed by atoms with Gasteiger partial charge in [-0.3, -0.25) is 4.79 Å². The van der Waals surface area contributed by atoms with Crippen molar-refractivity contribution in [2.45, 2.75) is 38.6 Å². The fourth-order valence-electron chi connectivity index (χ4n) is 3.20. The summed E-state index contributed by atoms with van der Waals surface area (Å²) in [5, 5.41) is 0. The average Bonchev–Trinajstić information content (AvgIpc) is 3.38. The topological polar surface area (TPSA) is 49.3 Å². The molecule has 114 valence electrons. The lowest BCUT2D eigenvalue weighted by Gasteiger charge is -2.35. The van der Waals surface area contributed by atoms with Crippen molar-refractivity contribution < 1.29 is 4.79 Å². The minimum absolute atomic E-state index is 0.0776. The molecule has 1 amide bonds. The van der Waals surface area contributed by atoms with Crippen LogP contribution in [0.15, 0.2) is 18.5 Å². The number of amides is 1. The van der Waals surface area contributed by atoms with Crippen LogP contribution in [0.2, 0.25) is 0 Å². The quantitative estimate of drug-likeness (QED) is 0.849. The SMILES string of the molecule is CC(C1CC1)N(C)C(=O)C1CCCN(c2ncccn2)C1. The molecular weight excluding hydrogens is 264 g/mol. The van der Waals surface area contributed by atoms with Crippen molar-refractivity contribution in [1.29, 1.82) is 0 Å². The van der Waals surface area contributed by atoms with E-state index in [0.717, 1.165) is 37.8 Å². The fourth-order valence-corrected chi connectivity index (χ4v) is 3.20. The molecule has 0 N–H and O–H groups in total. The molecule has 0 spiro atoms. The van der Waals surface area contributed by atoms with Gasteiger partial charge < -0.3 is 9.80 Å². The van der Waals surface area contributed by atoms with E-state index in [2.05, 4.69) is 21.8 Å². The molecule has 1 saturated heterocycles. The molecule has 2 atom stereocenters. The molecule has 0 radical (unpaired) electrons. The summed E-state index contributed by atoms with van der Waals surface area (Å²) in [5.74, 6) is 1.83. The molecular formula is C16H24N4O. The third-order valence-corrected chi connectivity index (χ3v) is 4.87. The Morgan fingerprint density at radius 3 is 2.71 bits per heavy atom. The first-order valence-corrected chi connectivity index (χ1v) is 7.95. The summed E-state index contributed by atoms with van der Waals surface area (Å²) in [7, 11) is 1.96. The Kier molecular flexibility index (Phi) is 4.08. The zero-order valence-corrected chi connectivity index (χ0v) is 12.9. The van der Waals surface area contributed by atoms with Crippen LogP contribution >= 0.6 is 0 Å². The van der Waals surface area contributed by atoms with Crippen LogP contribution in [0.4, 0.5) is 5.95 Å². The molecule has 1 aromatic heterocycles. The van der Waals surface area contributed by atoms with Gasteiger partial charge in [-0.2, -0.15) is 0 Å². The number of piperidine rings is 1. The lowest BCUT2D eigenvalue weighted by Crippen LogP contribution is -2.47. The molecule has 2 aliphatic rings. The molecule has 0 bridgehead atoms. The van der Waals surface area contributed by atoms with Crippen LogP contribution in [0.1, 0.15) is 32.6 Å². The Balaban J connectivity index is 1.64. The number of rotatable bonds is 4. The predicted octanol–water partition coefficient (Wildman–Crippen LogP) is 1.95. The molecule has 2 fully saturated rings. The van der Waals surface area contributed by atoms with Crippen LogP contribution in [0.25, 0.3) is 0 Å². The first kappa shape index (κ1) is 14.3. The van der Waals surface area contributed by atoms with Crippen LogP contribution in [0.3, 0.4) is 0 Å². The number of anilines is 1. The van der Waals surface area contributed by atoms with Crippen molar-refractivity contribution >= 4 is 11.9 Å². The second-order valence-electron chi connectivity index (χ2n) is 6.36. The summed E-state index contributed by atoms with van der Waals surface area (Å²) in [6, 6.07) is 2.20. The molecule has 3 rings (SSSR count). The van der Waals surface area contributed by atoms with Gasteiger partial charge in [0.05, 0.1) is 5.92 Å². The second kappa shape index (κ2) is 6.00. The van der Waals surface area contributed by atoms with Gasteiger partial charge in [-0.05, 0) is 44.6 Å². The largest absolute Gasteiger partial charge is 0.342 e. The highest BCUT2D eigenvalue weighted by Crippen LogP contribution is 2.35. The Bertz CT molecular complexity index is 488. The summed E-state index contributed by atoms with van der Waals surface area (Å²) in [5.41, 5.74) is 0. The van der Waals surface area contributed by atoms with Gasteiger partial charge in [-0.25, -0.2) is 9.97 Å². The summed E-state index contributed by atoms with van der Waals surface area (Å²) in [4.78, 5) is 25.4. The normalized spacial score (nSPS) is 23.7. The van der Waals surface area contributed by atoms with Gasteiger partial charge in [-0.15, -0.1) is 0 Å². The van der Waals surface area contributed by atoms with Crippen molar-refractivity contribution in [3.63, 3.8) is 0 Å². The molecule has 2 unspecified atom stereocenters. The maximum Gasteiger partial charge on any atom is 0.227 e. The Hall–Kier alpha value is -1.65. The number of nitrogens with zero attached hydrogens (tertiary/aromatic N) is 4. The van der Waals surface area contributed by atoms with E-state index < -0.39 is 0 Å². The lowest BCUT2D eigenvalue weighted by molar-refractivity contribution is -0.136. The van der Waals surface area contributed by atoms with Crippen LogP contribution < -0.4 is 4.90 Å². The summed E-state index contributed by atoms with van der Waals surface area (Å²) in [6.45, 7) is 3.86. The molecule has 1 saturated carbocycles. The maximum atomic E-state index is 12.7. The monoisotopic (exact) mass is 288 g/mol. The third-order valence-electron chi connectivity index (χ3n) is 4.87. The van der Waals surface area contributed by atoms with Gasteiger partial charge in [0.2, 0.25) is 11.9 Å². The van der Waals surface area contributed by atoms with E-state index in [4.69, 9.17) is 0 Å². The molecule has 0 aromatic carbocycles. The van der Waals surface area contributed by atoms with Gasteiger partial charge in [-0.1, -0.05) is 0 Å². The zero-order valence-electron chi connectivity index (χ0n) is 12.9. The van der Waals surface area contributed by atoms with E-state index in [1.165, 1.54) is 12.8 Å². The van der Waals surface area contributed by atoms with E-state index in [9.17, 15) is 4.79 Å². The van der Waals surface area contributed by atoms with Crippen LogP contribution in [0.5, 0.6) is 0 Å². The summed E-state index contributed by atoms with van der Waals surface area (Å²) < 4.78 is 0. The second-order valence-corrected chi connectivity index (χ2v) is 6.36. The summed E-state index contributed by atoms with van der Waals surface area (Å²) >= 11 is 0. The standard InChI is InChI=1S/C16H24N4O/c1-12(13-6-7-13)19(2)15(21)14-5-3-10-20(11-14)16-17-8-4-9-18-16/h4,8-9,12-14H,3,5-7,10-11H2,1-2H3. The number of hydrogen-bond acceptors (Lipinski definition) is 4. The van der Waals surface area contributed by atoms with Crippen LogP contribution in [-0.2, 0) is 4.79 Å². The van der Waals surface area contributed by atoms with Crippen LogP contribution in [0, 0.1) is 11.8 Å². The first-order chi connectivity index (χ1) is 10.2. The highest BCUT2D eigenvalue weighted by atomic mass is 16.2. The Morgan fingerprint density at radius 1 is 1.33 bits per heavy atom. The van der Waals surface area contributed by atoms with E-state index in [1.807, 2.05) is 18.0 Å². The van der Waals surface area contributed by atoms with E-state index in [-0.39, 0.29) is 11.8 Å². The average molecular weight is 288 g/mol. The summed E-state index contributed by atoms with van der Waals surface area (Å²) in [6.07, 6.45) is 8.06. The van der Waals surface area contributed by atoms with Gasteiger partial charge in [0.1, 0.15) is 0 Å². The van der Waals surface area contributed by atoms with Gasteiger partial charge >= 0.3 is 0 Å². The number of aromatic nitrogens is 2. The van der Waals surface area contributed by atoms with Gasteiger partial charge in [0, 0.05) is 38.6 Å². The molecule has 1 aliphatic carbocycles. The fraction of sp³-hybridized carbons (Fsp3) is 0.688. The molecule has 1 aromatic rings. The minimum Gasteiger partial charge on any atom is -0.342 e. The zero-order chi connectivity index (χ0) is 14.8. The Labute approximate surface area is 126 Å². The Morgan fingerprint density at radius 2 is 2.05 bits per heavy atom. The number of carbonyl (C=O) groups is 1. The number of hydrogen-bond donors (Lipinski definition) is 0. The smallest absolute Gasteiger partial charge is 0.227 e. The highest BCUT2D eigenvalue weighted by Gasteiger charge is 2.36. The van der Waals surface area contributed by atoms with Crippen molar-refractivity contribution in [2.75, 3.05) is 25.0 Å². The first-order valence-electron chi connectivity index (χ1n) is 7.95. The van der Waals surface area contributed by atoms with Crippen molar-refractivity contribution in [2.24, 2.45) is 11.8 Å². The number of carbonyl (C=O) groups excluding carboxylic acids is 1. The molecule has 5 heteroatoms. The molecule has 5 nitrogen and oxygen atoms in total. The van der Waals surface area contributed by atoms with Crippen molar-refractivity contribution in [1.82, 2.24) is 14.9 Å². The third kappa shape index (κ3) is 3.17. The lowest BCUT2D eigenvalue weighted by atomic mass is 9.96.